The van der Waals surface area contributed by atoms with Crippen LogP contribution in [0.25, 0.3) is 0 Å². The van der Waals surface area contributed by atoms with Crippen molar-refractivity contribution >= 4 is 5.97 Å². The van der Waals surface area contributed by atoms with Crippen LogP contribution in [0.1, 0.15) is 25.7 Å². The van der Waals surface area contributed by atoms with Crippen LogP contribution in [0.3, 0.4) is 0 Å². The zero-order valence-electron chi connectivity index (χ0n) is 7.57. The number of aliphatic carboxylic acids is 1. The van der Waals surface area contributed by atoms with Gasteiger partial charge in [0.25, 0.3) is 0 Å². The molecule has 13 heavy (non-hydrogen) atoms. The largest absolute Gasteiger partial charge is 0.481 e. The van der Waals surface area contributed by atoms with Gasteiger partial charge in [0.05, 0.1) is 6.42 Å². The van der Waals surface area contributed by atoms with Crippen molar-refractivity contribution in [2.24, 2.45) is 11.8 Å². The van der Waals surface area contributed by atoms with Gasteiger partial charge in [-0.2, -0.15) is 0 Å². The maximum Gasteiger partial charge on any atom is 0.303 e. The second-order valence-corrected chi connectivity index (χ2v) is 3.90. The van der Waals surface area contributed by atoms with E-state index in [9.17, 15) is 4.79 Å². The summed E-state index contributed by atoms with van der Waals surface area (Å²) in [7, 11) is 0. The fraction of sp³-hybridized carbons (Fsp3) is 0.545. The van der Waals surface area contributed by atoms with E-state index in [0.717, 1.165) is 12.8 Å². The normalized spacial score (nSPS) is 31.2. The first kappa shape index (κ1) is 8.54. The molecule has 1 fully saturated rings. The van der Waals surface area contributed by atoms with E-state index in [-0.39, 0.29) is 0 Å². The van der Waals surface area contributed by atoms with Crippen molar-refractivity contribution in [1.29, 1.82) is 0 Å². The Morgan fingerprint density at radius 2 is 2.38 bits per heavy atom. The van der Waals surface area contributed by atoms with E-state index in [0.29, 0.717) is 18.3 Å². The van der Waals surface area contributed by atoms with Crippen molar-refractivity contribution in [3.05, 3.63) is 23.8 Å². The molecule has 0 spiro atoms. The summed E-state index contributed by atoms with van der Waals surface area (Å²) in [6, 6.07) is 0. The molecule has 2 heteroatoms. The number of rotatable bonds is 2. The van der Waals surface area contributed by atoms with Gasteiger partial charge >= 0.3 is 5.97 Å². The zero-order valence-corrected chi connectivity index (χ0v) is 7.57. The molecule has 2 nitrogen and oxygen atoms in total. The highest BCUT2D eigenvalue weighted by molar-refractivity contribution is 5.67. The molecule has 1 saturated carbocycles. The highest BCUT2D eigenvalue weighted by Crippen LogP contribution is 2.41. The van der Waals surface area contributed by atoms with Gasteiger partial charge < -0.3 is 5.11 Å². The van der Waals surface area contributed by atoms with Gasteiger partial charge in [-0.05, 0) is 31.1 Å². The van der Waals surface area contributed by atoms with E-state index in [1.807, 2.05) is 0 Å². The van der Waals surface area contributed by atoms with Gasteiger partial charge in [-0.3, -0.25) is 4.79 Å². The lowest BCUT2D eigenvalue weighted by Crippen LogP contribution is -2.09. The smallest absolute Gasteiger partial charge is 0.303 e. The van der Waals surface area contributed by atoms with Crippen LogP contribution in [0.5, 0.6) is 0 Å². The molecular formula is C11H14O2. The topological polar surface area (TPSA) is 37.3 Å². The number of fused-ring (bicyclic) bond motifs is 1. The molecule has 0 aromatic rings. The molecular weight excluding hydrogens is 164 g/mol. The molecule has 0 aliphatic heterocycles. The summed E-state index contributed by atoms with van der Waals surface area (Å²) in [6.45, 7) is 0. The summed E-state index contributed by atoms with van der Waals surface area (Å²) in [4.78, 5) is 10.6. The highest BCUT2D eigenvalue weighted by Gasteiger charge is 2.31. The molecule has 2 rings (SSSR count). The minimum absolute atomic E-state index is 0.312. The average Bonchev–Trinajstić information content (AvgIpc) is 2.48. The lowest BCUT2D eigenvalue weighted by Gasteiger charge is -2.16. The Kier molecular flexibility index (Phi) is 2.21. The molecule has 0 heterocycles. The van der Waals surface area contributed by atoms with Gasteiger partial charge in [-0.1, -0.05) is 23.8 Å². The van der Waals surface area contributed by atoms with Crippen LogP contribution in [0.4, 0.5) is 0 Å². The molecule has 0 saturated heterocycles. The van der Waals surface area contributed by atoms with E-state index in [4.69, 9.17) is 5.11 Å². The SMILES string of the molecule is O=C(O)CC1CCC2CC=CC=C21. The molecule has 2 aliphatic carbocycles. The second-order valence-electron chi connectivity index (χ2n) is 3.90. The Morgan fingerprint density at radius 3 is 3.15 bits per heavy atom. The van der Waals surface area contributed by atoms with Crippen LogP contribution in [0.15, 0.2) is 23.8 Å². The van der Waals surface area contributed by atoms with Crippen LogP contribution in [0, 0.1) is 11.8 Å². The van der Waals surface area contributed by atoms with Crippen molar-refractivity contribution in [1.82, 2.24) is 0 Å². The summed E-state index contributed by atoms with van der Waals surface area (Å²) in [6.07, 6.45) is 10.0. The summed E-state index contributed by atoms with van der Waals surface area (Å²) in [5.74, 6) is 0.294. The molecule has 1 N–H and O–H groups in total. The summed E-state index contributed by atoms with van der Waals surface area (Å²) in [5.41, 5.74) is 1.38. The molecule has 0 aromatic carbocycles. The van der Waals surface area contributed by atoms with Gasteiger partial charge in [-0.25, -0.2) is 0 Å². The minimum atomic E-state index is -0.666. The van der Waals surface area contributed by atoms with Crippen molar-refractivity contribution in [3.63, 3.8) is 0 Å². The minimum Gasteiger partial charge on any atom is -0.481 e. The van der Waals surface area contributed by atoms with Crippen molar-refractivity contribution in [2.45, 2.75) is 25.7 Å². The number of hydrogen-bond acceptors (Lipinski definition) is 1. The average molecular weight is 178 g/mol. The summed E-state index contributed by atoms with van der Waals surface area (Å²) >= 11 is 0. The van der Waals surface area contributed by atoms with Crippen molar-refractivity contribution < 1.29 is 9.90 Å². The van der Waals surface area contributed by atoms with Gasteiger partial charge in [0, 0.05) is 0 Å². The van der Waals surface area contributed by atoms with Crippen LogP contribution in [-0.4, -0.2) is 11.1 Å². The van der Waals surface area contributed by atoms with Gasteiger partial charge in [0.1, 0.15) is 0 Å². The molecule has 2 aliphatic rings. The summed E-state index contributed by atoms with van der Waals surface area (Å²) < 4.78 is 0. The zero-order chi connectivity index (χ0) is 9.26. The maximum absolute atomic E-state index is 10.6. The van der Waals surface area contributed by atoms with E-state index >= 15 is 0 Å². The van der Waals surface area contributed by atoms with E-state index < -0.39 is 5.97 Å². The fourth-order valence-electron chi connectivity index (χ4n) is 2.45. The third-order valence-corrected chi connectivity index (χ3v) is 3.07. The van der Waals surface area contributed by atoms with E-state index in [1.165, 1.54) is 12.0 Å². The monoisotopic (exact) mass is 178 g/mol. The Labute approximate surface area is 78.0 Å². The van der Waals surface area contributed by atoms with Crippen LogP contribution < -0.4 is 0 Å². The first-order valence-electron chi connectivity index (χ1n) is 4.86. The Morgan fingerprint density at radius 1 is 1.54 bits per heavy atom. The number of hydrogen-bond donors (Lipinski definition) is 1. The molecule has 0 aromatic heterocycles. The summed E-state index contributed by atoms with van der Waals surface area (Å²) in [5, 5.41) is 8.72. The lowest BCUT2D eigenvalue weighted by atomic mass is 9.89. The Balaban J connectivity index is 2.10. The first-order valence-corrected chi connectivity index (χ1v) is 4.86. The Hall–Kier alpha value is -1.05. The molecule has 0 amide bonds. The van der Waals surface area contributed by atoms with Crippen LogP contribution in [0.2, 0.25) is 0 Å². The predicted molar refractivity (Wildman–Crippen MR) is 50.3 cm³/mol. The number of carboxylic acids is 1. The fourth-order valence-corrected chi connectivity index (χ4v) is 2.45. The third-order valence-electron chi connectivity index (χ3n) is 3.07. The van der Waals surface area contributed by atoms with Gasteiger partial charge in [0.15, 0.2) is 0 Å². The number of carbonyl (C=O) groups is 1. The highest BCUT2D eigenvalue weighted by atomic mass is 16.4. The molecule has 2 atom stereocenters. The quantitative estimate of drug-likeness (QED) is 0.704. The maximum atomic E-state index is 10.6. The molecule has 2 unspecified atom stereocenters. The lowest BCUT2D eigenvalue weighted by molar-refractivity contribution is -0.137. The first-order chi connectivity index (χ1) is 6.27. The van der Waals surface area contributed by atoms with Crippen molar-refractivity contribution in [2.75, 3.05) is 0 Å². The van der Waals surface area contributed by atoms with Crippen LogP contribution >= 0.6 is 0 Å². The second kappa shape index (κ2) is 3.36. The molecule has 0 radical (unpaired) electrons. The number of carboxylic acid groups (broad SMARTS) is 1. The van der Waals surface area contributed by atoms with E-state index in [2.05, 4.69) is 18.2 Å². The third kappa shape index (κ3) is 1.67. The predicted octanol–water partition coefficient (Wildman–Crippen LogP) is 2.37. The van der Waals surface area contributed by atoms with Crippen molar-refractivity contribution in [3.8, 4) is 0 Å². The van der Waals surface area contributed by atoms with Gasteiger partial charge in [-0.15, -0.1) is 0 Å². The van der Waals surface area contributed by atoms with Gasteiger partial charge in [0.2, 0.25) is 0 Å². The van der Waals surface area contributed by atoms with Crippen LogP contribution in [-0.2, 0) is 4.79 Å². The molecule has 0 bridgehead atoms. The number of allylic oxidation sites excluding steroid dienone is 4. The molecule has 70 valence electrons. The standard InChI is InChI=1S/C11H14O2/c12-11(13)7-9-6-5-8-3-1-2-4-10(8)9/h1-2,4,8-9H,3,5-7H2,(H,12,13). The van der Waals surface area contributed by atoms with E-state index in [1.54, 1.807) is 0 Å². The Bertz CT molecular complexity index is 276.